The van der Waals surface area contributed by atoms with Gasteiger partial charge in [0.05, 0.1) is 0 Å². The molecule has 0 unspecified atom stereocenters. The van der Waals surface area contributed by atoms with Crippen LogP contribution in [0.2, 0.25) is 0 Å². The van der Waals surface area contributed by atoms with Gasteiger partial charge in [0.25, 0.3) is 5.91 Å². The lowest BCUT2D eigenvalue weighted by Crippen LogP contribution is -2.13. The highest BCUT2D eigenvalue weighted by molar-refractivity contribution is 6.05. The van der Waals surface area contributed by atoms with Crippen molar-refractivity contribution in [3.05, 3.63) is 95.3 Å². The zero-order valence-electron chi connectivity index (χ0n) is 19.3. The maximum Gasteiger partial charge on any atom is 0.255 e. The van der Waals surface area contributed by atoms with E-state index in [1.54, 1.807) is 12.1 Å². The Labute approximate surface area is 199 Å². The second kappa shape index (κ2) is 9.91. The van der Waals surface area contributed by atoms with E-state index in [2.05, 4.69) is 20.1 Å². The molecule has 1 aliphatic rings. The van der Waals surface area contributed by atoms with E-state index in [-0.39, 0.29) is 5.91 Å². The fraction of sp³-hybridized carbons (Fsp3) is 0.250. The average Bonchev–Trinajstić information content (AvgIpc) is 3.13. The van der Waals surface area contributed by atoms with Gasteiger partial charge in [-0.1, -0.05) is 48.9 Å². The van der Waals surface area contributed by atoms with Crippen LogP contribution in [0.5, 0.6) is 5.75 Å². The number of aromatic nitrogens is 3. The second-order valence-corrected chi connectivity index (χ2v) is 8.68. The quantitative estimate of drug-likeness (QED) is 0.401. The molecule has 0 aliphatic carbocycles. The number of nitrogens with one attached hydrogen (secondary N) is 1. The van der Waals surface area contributed by atoms with Gasteiger partial charge in [0, 0.05) is 29.8 Å². The lowest BCUT2D eigenvalue weighted by atomic mass is 10.1. The normalized spacial score (nSPS) is 13.1. The van der Waals surface area contributed by atoms with Gasteiger partial charge >= 0.3 is 0 Å². The Hall–Kier alpha value is -3.93. The zero-order chi connectivity index (χ0) is 23.3. The summed E-state index contributed by atoms with van der Waals surface area (Å²) in [6.45, 7) is 3.42. The molecule has 1 aliphatic heterocycles. The molecule has 1 aromatic heterocycles. The first-order valence-corrected chi connectivity index (χ1v) is 11.8. The number of benzene rings is 3. The summed E-state index contributed by atoms with van der Waals surface area (Å²) < 4.78 is 8.05. The van der Waals surface area contributed by atoms with Crippen LogP contribution in [0, 0.1) is 6.92 Å². The van der Waals surface area contributed by atoms with Crippen molar-refractivity contribution in [2.75, 3.05) is 5.32 Å². The Morgan fingerprint density at radius 1 is 0.971 bits per heavy atom. The topological polar surface area (TPSA) is 69.0 Å². The van der Waals surface area contributed by atoms with Gasteiger partial charge in [0.2, 0.25) is 0 Å². The van der Waals surface area contributed by atoms with E-state index in [0.29, 0.717) is 12.2 Å². The van der Waals surface area contributed by atoms with E-state index >= 15 is 0 Å². The number of ether oxygens (including phenoxy) is 1. The summed E-state index contributed by atoms with van der Waals surface area (Å²) in [5.74, 6) is 2.49. The fourth-order valence-electron chi connectivity index (χ4n) is 4.23. The molecule has 4 aromatic rings. The molecule has 34 heavy (non-hydrogen) atoms. The first kappa shape index (κ1) is 21.9. The largest absolute Gasteiger partial charge is 0.489 e. The number of hydrogen-bond donors (Lipinski definition) is 1. The molecule has 6 nitrogen and oxygen atoms in total. The number of amides is 1. The van der Waals surface area contributed by atoms with E-state index in [1.165, 1.54) is 6.42 Å². The van der Waals surface area contributed by atoms with E-state index in [4.69, 9.17) is 4.74 Å². The zero-order valence-corrected chi connectivity index (χ0v) is 19.3. The Bertz CT molecular complexity index is 1280. The summed E-state index contributed by atoms with van der Waals surface area (Å²) in [5, 5.41) is 11.9. The van der Waals surface area contributed by atoms with Crippen molar-refractivity contribution in [1.82, 2.24) is 14.8 Å². The van der Waals surface area contributed by atoms with E-state index < -0.39 is 0 Å². The van der Waals surface area contributed by atoms with Crippen LogP contribution < -0.4 is 10.1 Å². The molecule has 1 N–H and O–H groups in total. The lowest BCUT2D eigenvalue weighted by molar-refractivity contribution is 0.102. The van der Waals surface area contributed by atoms with Gasteiger partial charge in [0.15, 0.2) is 5.82 Å². The van der Waals surface area contributed by atoms with Crippen LogP contribution in [-0.4, -0.2) is 20.7 Å². The Kier molecular flexibility index (Phi) is 6.38. The molecule has 172 valence electrons. The number of aryl methyl sites for hydroxylation is 2. The smallest absolute Gasteiger partial charge is 0.255 e. The summed E-state index contributed by atoms with van der Waals surface area (Å²) in [4.78, 5) is 12.9. The minimum absolute atomic E-state index is 0.157. The first-order valence-electron chi connectivity index (χ1n) is 11.8. The Morgan fingerprint density at radius 3 is 2.62 bits per heavy atom. The van der Waals surface area contributed by atoms with Gasteiger partial charge in [-0.05, 0) is 61.2 Å². The maximum absolute atomic E-state index is 12.9. The monoisotopic (exact) mass is 452 g/mol. The lowest BCUT2D eigenvalue weighted by Gasteiger charge is -2.12. The van der Waals surface area contributed by atoms with Crippen molar-refractivity contribution >= 4 is 11.6 Å². The molecular weight excluding hydrogens is 424 g/mol. The molecule has 0 spiro atoms. The summed E-state index contributed by atoms with van der Waals surface area (Å²) in [7, 11) is 0. The minimum atomic E-state index is -0.157. The Balaban J connectivity index is 1.29. The summed E-state index contributed by atoms with van der Waals surface area (Å²) in [5.41, 5.74) is 4.41. The predicted octanol–water partition coefficient (Wildman–Crippen LogP) is 5.81. The van der Waals surface area contributed by atoms with Crippen molar-refractivity contribution in [3.8, 4) is 17.1 Å². The summed E-state index contributed by atoms with van der Waals surface area (Å²) >= 11 is 0. The molecule has 0 atom stereocenters. The second-order valence-electron chi connectivity index (χ2n) is 8.68. The van der Waals surface area contributed by atoms with E-state index in [1.807, 2.05) is 67.6 Å². The van der Waals surface area contributed by atoms with Gasteiger partial charge in [-0.15, -0.1) is 10.2 Å². The number of carbonyl (C=O) groups is 1. The number of carbonyl (C=O) groups excluding carboxylic acids is 1. The van der Waals surface area contributed by atoms with Crippen molar-refractivity contribution in [3.63, 3.8) is 0 Å². The third-order valence-electron chi connectivity index (χ3n) is 6.22. The molecule has 6 heteroatoms. The number of rotatable bonds is 6. The van der Waals surface area contributed by atoms with Gasteiger partial charge in [-0.2, -0.15) is 0 Å². The molecule has 0 radical (unpaired) electrons. The molecule has 0 saturated heterocycles. The molecule has 0 fully saturated rings. The van der Waals surface area contributed by atoms with Crippen molar-refractivity contribution < 1.29 is 9.53 Å². The Morgan fingerprint density at radius 2 is 1.79 bits per heavy atom. The third-order valence-corrected chi connectivity index (χ3v) is 6.22. The highest BCUT2D eigenvalue weighted by atomic mass is 16.5. The third kappa shape index (κ3) is 4.86. The molecular formula is C28H28N4O2. The van der Waals surface area contributed by atoms with Crippen molar-refractivity contribution in [2.45, 2.75) is 45.8 Å². The number of hydrogen-bond acceptors (Lipinski definition) is 4. The van der Waals surface area contributed by atoms with Gasteiger partial charge < -0.3 is 14.6 Å². The van der Waals surface area contributed by atoms with Gasteiger partial charge in [-0.3, -0.25) is 4.79 Å². The number of nitrogens with zero attached hydrogens (tertiary/aromatic N) is 3. The van der Waals surface area contributed by atoms with Crippen LogP contribution in [-0.2, 0) is 19.6 Å². The highest BCUT2D eigenvalue weighted by Crippen LogP contribution is 2.27. The number of fused-ring (bicyclic) bond motifs is 1. The van der Waals surface area contributed by atoms with Crippen LogP contribution >= 0.6 is 0 Å². The SMILES string of the molecule is Cc1ccc(-c2nnc3n2CCCCC3)cc1NC(=O)c1ccc(OCc2ccccc2)cc1. The maximum atomic E-state index is 12.9. The molecule has 1 amide bonds. The minimum Gasteiger partial charge on any atom is -0.489 e. The summed E-state index contributed by atoms with van der Waals surface area (Å²) in [6.07, 6.45) is 4.48. The molecule has 0 saturated carbocycles. The molecule has 5 rings (SSSR count). The highest BCUT2D eigenvalue weighted by Gasteiger charge is 2.17. The molecule has 3 aromatic carbocycles. The van der Waals surface area contributed by atoms with Crippen molar-refractivity contribution in [1.29, 1.82) is 0 Å². The first-order chi connectivity index (χ1) is 16.7. The van der Waals surface area contributed by atoms with Crippen LogP contribution in [0.15, 0.2) is 72.8 Å². The van der Waals surface area contributed by atoms with Crippen LogP contribution in [0.25, 0.3) is 11.4 Å². The predicted molar refractivity (Wildman–Crippen MR) is 133 cm³/mol. The van der Waals surface area contributed by atoms with Gasteiger partial charge in [0.1, 0.15) is 18.2 Å². The average molecular weight is 453 g/mol. The molecule has 0 bridgehead atoms. The standard InChI is InChI=1S/C28H28N4O2/c1-20-11-12-23(27-31-30-26-10-6-3-7-17-32(26)27)18-25(20)29-28(33)22-13-15-24(16-14-22)34-19-21-8-4-2-5-9-21/h2,4-5,8-9,11-16,18H,3,6-7,10,17,19H2,1H3,(H,29,33). The van der Waals surface area contributed by atoms with Gasteiger partial charge in [-0.25, -0.2) is 0 Å². The fourth-order valence-corrected chi connectivity index (χ4v) is 4.23. The number of anilines is 1. The van der Waals surface area contributed by atoms with E-state index in [9.17, 15) is 4.79 Å². The van der Waals surface area contributed by atoms with Crippen LogP contribution in [0.4, 0.5) is 5.69 Å². The van der Waals surface area contributed by atoms with Crippen LogP contribution in [0.3, 0.4) is 0 Å². The van der Waals surface area contributed by atoms with Crippen LogP contribution in [0.1, 0.15) is 46.6 Å². The molecule has 2 heterocycles. The van der Waals surface area contributed by atoms with E-state index in [0.717, 1.165) is 65.6 Å². The summed E-state index contributed by atoms with van der Waals surface area (Å²) in [6, 6.07) is 23.3. The van der Waals surface area contributed by atoms with Crippen molar-refractivity contribution in [2.24, 2.45) is 0 Å².